The number of rotatable bonds is 5. The zero-order chi connectivity index (χ0) is 40.0. The molecule has 0 amide bonds. The van der Waals surface area contributed by atoms with E-state index in [0.29, 0.717) is 5.82 Å². The van der Waals surface area contributed by atoms with Crippen LogP contribution in [-0.4, -0.2) is 9.97 Å². The van der Waals surface area contributed by atoms with Gasteiger partial charge in [0.1, 0.15) is 11.2 Å². The molecule has 3 heteroatoms. The van der Waals surface area contributed by atoms with E-state index in [2.05, 4.69) is 190 Å². The fourth-order valence-corrected chi connectivity index (χ4v) is 9.57. The number of fused-ring (bicyclic) bond motifs is 8. The van der Waals surface area contributed by atoms with Crippen molar-refractivity contribution in [2.45, 2.75) is 19.3 Å². The van der Waals surface area contributed by atoms with Gasteiger partial charge in [-0.1, -0.05) is 166 Å². The molecule has 0 radical (unpaired) electrons. The van der Waals surface area contributed by atoms with Crippen molar-refractivity contribution in [3.05, 3.63) is 205 Å². The van der Waals surface area contributed by atoms with Gasteiger partial charge in [0.05, 0.1) is 11.4 Å². The highest BCUT2D eigenvalue weighted by atomic mass is 16.3. The minimum atomic E-state index is -0.0981. The second-order valence-electron chi connectivity index (χ2n) is 16.6. The highest BCUT2D eigenvalue weighted by Crippen LogP contribution is 2.53. The minimum Gasteiger partial charge on any atom is -0.456 e. The zero-order valence-electron chi connectivity index (χ0n) is 33.3. The van der Waals surface area contributed by atoms with Gasteiger partial charge < -0.3 is 4.42 Å². The molecule has 11 aromatic rings. The Hall–Kier alpha value is -7.62. The fourth-order valence-electron chi connectivity index (χ4n) is 9.57. The Bertz CT molecular complexity index is 3500. The average molecular weight is 767 g/mol. The largest absolute Gasteiger partial charge is 0.456 e. The van der Waals surface area contributed by atoms with Gasteiger partial charge in [-0.15, -0.1) is 0 Å². The van der Waals surface area contributed by atoms with Gasteiger partial charge in [0.2, 0.25) is 0 Å². The highest BCUT2D eigenvalue weighted by Gasteiger charge is 2.37. The molecule has 12 rings (SSSR count). The van der Waals surface area contributed by atoms with E-state index >= 15 is 0 Å². The Morgan fingerprint density at radius 1 is 0.367 bits per heavy atom. The zero-order valence-corrected chi connectivity index (χ0v) is 33.3. The van der Waals surface area contributed by atoms with Crippen LogP contribution in [0.5, 0.6) is 0 Å². The van der Waals surface area contributed by atoms with Crippen LogP contribution in [0.3, 0.4) is 0 Å². The quantitative estimate of drug-likeness (QED) is 0.175. The summed E-state index contributed by atoms with van der Waals surface area (Å²) < 4.78 is 6.37. The molecule has 60 heavy (non-hydrogen) atoms. The lowest BCUT2D eigenvalue weighted by atomic mass is 9.81. The fraction of sp³-hybridized carbons (Fsp3) is 0.0526. The Labute approximate surface area is 348 Å². The lowest BCUT2D eigenvalue weighted by Gasteiger charge is -2.22. The molecule has 0 N–H and O–H groups in total. The third-order valence-electron chi connectivity index (χ3n) is 12.7. The molecule has 0 saturated heterocycles. The third-order valence-corrected chi connectivity index (χ3v) is 12.7. The van der Waals surface area contributed by atoms with Crippen molar-refractivity contribution in [2.75, 3.05) is 0 Å². The van der Waals surface area contributed by atoms with Crippen LogP contribution in [0.4, 0.5) is 0 Å². The summed E-state index contributed by atoms with van der Waals surface area (Å²) in [5.74, 6) is 0.692. The molecule has 0 atom stereocenters. The number of aromatic nitrogens is 2. The highest BCUT2D eigenvalue weighted by molar-refractivity contribution is 6.11. The molecular formula is C57H38N2O. The maximum atomic E-state index is 6.37. The lowest BCUT2D eigenvalue weighted by molar-refractivity contribution is 0.661. The van der Waals surface area contributed by atoms with Crippen molar-refractivity contribution in [1.29, 1.82) is 0 Å². The summed E-state index contributed by atoms with van der Waals surface area (Å²) in [7, 11) is 0. The van der Waals surface area contributed by atoms with Crippen LogP contribution < -0.4 is 0 Å². The topological polar surface area (TPSA) is 38.9 Å². The molecule has 1 aliphatic carbocycles. The normalized spacial score (nSPS) is 13.0. The van der Waals surface area contributed by atoms with Gasteiger partial charge in [-0.25, -0.2) is 9.97 Å². The average Bonchev–Trinajstić information content (AvgIpc) is 3.77. The van der Waals surface area contributed by atoms with E-state index in [9.17, 15) is 0 Å². The van der Waals surface area contributed by atoms with Crippen molar-refractivity contribution < 1.29 is 4.42 Å². The molecule has 2 heterocycles. The number of hydrogen-bond donors (Lipinski definition) is 0. The van der Waals surface area contributed by atoms with E-state index in [1.165, 1.54) is 54.9 Å². The first-order chi connectivity index (χ1) is 29.5. The molecule has 3 nitrogen and oxygen atoms in total. The van der Waals surface area contributed by atoms with Crippen LogP contribution in [-0.2, 0) is 5.41 Å². The van der Waals surface area contributed by atoms with Crippen molar-refractivity contribution in [3.8, 4) is 67.3 Å². The van der Waals surface area contributed by atoms with E-state index in [1.807, 2.05) is 18.2 Å². The Morgan fingerprint density at radius 2 is 0.967 bits per heavy atom. The third kappa shape index (κ3) is 5.43. The Balaban J connectivity index is 0.972. The summed E-state index contributed by atoms with van der Waals surface area (Å²) >= 11 is 0. The van der Waals surface area contributed by atoms with E-state index in [1.54, 1.807) is 0 Å². The van der Waals surface area contributed by atoms with Crippen LogP contribution >= 0.6 is 0 Å². The van der Waals surface area contributed by atoms with Gasteiger partial charge >= 0.3 is 0 Å². The standard InChI is InChI=1S/C57H38N2O/c1-57(2)49-22-12-21-44(55(49)48-30-39-16-6-8-17-40(39)32-50(48)57)35-23-25-36(26-24-35)51-34-52(59-56(58-51)37-13-4-3-5-14-37)45-20-11-10-19-43(45)42-27-28-53-46(31-42)47-29-38-15-7-9-18-41(38)33-54(47)60-53/h3-34H,1-2H3. The van der Waals surface area contributed by atoms with Crippen molar-refractivity contribution in [1.82, 2.24) is 9.97 Å². The predicted octanol–water partition coefficient (Wildman–Crippen LogP) is 15.3. The molecule has 0 bridgehead atoms. The maximum absolute atomic E-state index is 6.37. The van der Waals surface area contributed by atoms with E-state index in [-0.39, 0.29) is 5.41 Å². The molecule has 0 saturated carbocycles. The molecule has 2 aromatic heterocycles. The first-order valence-corrected chi connectivity index (χ1v) is 20.6. The smallest absolute Gasteiger partial charge is 0.160 e. The monoisotopic (exact) mass is 766 g/mol. The molecule has 1 aliphatic rings. The molecule has 0 aliphatic heterocycles. The number of furan rings is 1. The molecule has 0 unspecified atom stereocenters. The first-order valence-electron chi connectivity index (χ1n) is 20.6. The molecule has 282 valence electrons. The second kappa shape index (κ2) is 13.2. The van der Waals surface area contributed by atoms with Crippen molar-refractivity contribution >= 4 is 43.5 Å². The van der Waals surface area contributed by atoms with Crippen molar-refractivity contribution in [3.63, 3.8) is 0 Å². The summed E-state index contributed by atoms with van der Waals surface area (Å²) in [5.41, 5.74) is 16.5. The van der Waals surface area contributed by atoms with Crippen LogP contribution in [0, 0.1) is 0 Å². The van der Waals surface area contributed by atoms with Gasteiger partial charge in [0.15, 0.2) is 5.82 Å². The van der Waals surface area contributed by atoms with Gasteiger partial charge in [0.25, 0.3) is 0 Å². The Kier molecular flexibility index (Phi) is 7.58. The van der Waals surface area contributed by atoms with Gasteiger partial charge in [-0.05, 0) is 109 Å². The van der Waals surface area contributed by atoms with Crippen LogP contribution in [0.25, 0.3) is 111 Å². The Morgan fingerprint density at radius 3 is 1.75 bits per heavy atom. The van der Waals surface area contributed by atoms with Crippen molar-refractivity contribution in [2.24, 2.45) is 0 Å². The molecule has 0 fully saturated rings. The SMILES string of the molecule is CC1(C)c2cc3ccccc3cc2-c2c(-c3ccc(-c4cc(-c5ccccc5-c5ccc6oc7cc8ccccc8cc7c6c5)nc(-c5ccccc5)n4)cc3)cccc21. The maximum Gasteiger partial charge on any atom is 0.160 e. The van der Waals surface area contributed by atoms with Crippen LogP contribution in [0.15, 0.2) is 199 Å². The summed E-state index contributed by atoms with van der Waals surface area (Å²) in [6, 6.07) is 69.5. The summed E-state index contributed by atoms with van der Waals surface area (Å²) in [5, 5.41) is 7.13. The number of benzene rings is 9. The van der Waals surface area contributed by atoms with Crippen LogP contribution in [0.2, 0.25) is 0 Å². The lowest BCUT2D eigenvalue weighted by Crippen LogP contribution is -2.14. The molecular weight excluding hydrogens is 729 g/mol. The molecule has 0 spiro atoms. The van der Waals surface area contributed by atoms with E-state index in [4.69, 9.17) is 14.4 Å². The summed E-state index contributed by atoms with van der Waals surface area (Å²) in [6.45, 7) is 4.71. The van der Waals surface area contributed by atoms with E-state index in [0.717, 1.165) is 61.1 Å². The number of nitrogens with zero attached hydrogens (tertiary/aromatic N) is 2. The summed E-state index contributed by atoms with van der Waals surface area (Å²) in [6.07, 6.45) is 0. The van der Waals surface area contributed by atoms with Crippen LogP contribution in [0.1, 0.15) is 25.0 Å². The van der Waals surface area contributed by atoms with Gasteiger partial charge in [-0.3, -0.25) is 0 Å². The van der Waals surface area contributed by atoms with E-state index < -0.39 is 0 Å². The summed E-state index contributed by atoms with van der Waals surface area (Å²) in [4.78, 5) is 10.5. The minimum absolute atomic E-state index is 0.0981. The van der Waals surface area contributed by atoms with Gasteiger partial charge in [-0.2, -0.15) is 0 Å². The molecule has 9 aromatic carbocycles. The first kappa shape index (κ1) is 34.4. The predicted molar refractivity (Wildman–Crippen MR) is 249 cm³/mol. The second-order valence-corrected chi connectivity index (χ2v) is 16.6. The number of hydrogen-bond acceptors (Lipinski definition) is 3. The van der Waals surface area contributed by atoms with Gasteiger partial charge in [0, 0.05) is 32.9 Å².